The first-order valence-corrected chi connectivity index (χ1v) is 11.6. The average molecular weight is 476 g/mol. The molecule has 8 heteroatoms. The molecule has 0 saturated carbocycles. The topological polar surface area (TPSA) is 101 Å². The number of benzene rings is 2. The first-order valence-electron chi connectivity index (χ1n) is 11.6. The van der Waals surface area contributed by atoms with Crippen LogP contribution in [0.25, 0.3) is 0 Å². The summed E-state index contributed by atoms with van der Waals surface area (Å²) in [6, 6.07) is 9.27. The van der Waals surface area contributed by atoms with Crippen LogP contribution in [0, 0.1) is 17.7 Å². The lowest BCUT2D eigenvalue weighted by atomic mass is 10.0. The van der Waals surface area contributed by atoms with Crippen molar-refractivity contribution in [3.63, 3.8) is 0 Å². The van der Waals surface area contributed by atoms with Crippen LogP contribution in [0.5, 0.6) is 0 Å². The number of likely N-dealkylation sites (tertiary alicyclic amines) is 1. The average Bonchev–Trinajstić information content (AvgIpc) is 3.15. The number of imide groups is 1. The molecule has 4 amide bonds. The Hall–Kier alpha value is -3.99. The van der Waals surface area contributed by atoms with Gasteiger partial charge in [-0.15, -0.1) is 0 Å². The number of carbonyl (C=O) groups excluding carboxylic acids is 4. The lowest BCUT2D eigenvalue weighted by Crippen LogP contribution is -2.53. The van der Waals surface area contributed by atoms with Crippen LogP contribution in [0.3, 0.4) is 0 Å². The van der Waals surface area contributed by atoms with Gasteiger partial charge in [0.1, 0.15) is 11.9 Å². The predicted molar refractivity (Wildman–Crippen MR) is 126 cm³/mol. The first kappa shape index (κ1) is 24.1. The fraction of sp³-hybridized carbons (Fsp3) is 0.333. The minimum atomic E-state index is -0.778. The number of unbranched alkanes of at least 4 members (excludes halogenated alkanes) is 2. The number of rotatable bonds is 6. The molecule has 1 saturated heterocycles. The Morgan fingerprint density at radius 2 is 1.94 bits per heavy atom. The highest BCUT2D eigenvalue weighted by atomic mass is 19.1. The van der Waals surface area contributed by atoms with E-state index in [1.54, 1.807) is 23.1 Å². The minimum Gasteiger partial charge on any atom is -0.366 e. The molecule has 0 aromatic heterocycles. The zero-order valence-corrected chi connectivity index (χ0v) is 19.5. The van der Waals surface area contributed by atoms with E-state index in [1.807, 2.05) is 6.07 Å². The summed E-state index contributed by atoms with van der Waals surface area (Å²) >= 11 is 0. The Balaban J connectivity index is 1.30. The number of piperidine rings is 1. The molecule has 0 radical (unpaired) electrons. The normalized spacial score (nSPS) is 17.3. The minimum absolute atomic E-state index is 0.105. The molecule has 0 aliphatic carbocycles. The van der Waals surface area contributed by atoms with E-state index in [-0.39, 0.29) is 29.7 Å². The van der Waals surface area contributed by atoms with Gasteiger partial charge in [-0.05, 0) is 67.1 Å². The van der Waals surface area contributed by atoms with Crippen LogP contribution >= 0.6 is 0 Å². The van der Waals surface area contributed by atoms with Gasteiger partial charge in [-0.1, -0.05) is 17.9 Å². The fourth-order valence-corrected chi connectivity index (χ4v) is 4.48. The van der Waals surface area contributed by atoms with Crippen LogP contribution in [-0.2, 0) is 22.6 Å². The van der Waals surface area contributed by atoms with Gasteiger partial charge >= 0.3 is 0 Å². The SMILES string of the molecule is CN1C(=O)CCC(N2Cc3cc(C#CCCCCc4ccc(C(N)=O)c(F)c4)ccc3C2=O)C1=O. The van der Waals surface area contributed by atoms with Crippen LogP contribution in [0.15, 0.2) is 36.4 Å². The van der Waals surface area contributed by atoms with Gasteiger partial charge in [0.2, 0.25) is 5.91 Å². The number of likely N-dealkylation sites (N-methyl/N-ethyl adjacent to an activating group) is 1. The lowest BCUT2D eigenvalue weighted by molar-refractivity contribution is -0.150. The highest BCUT2D eigenvalue weighted by molar-refractivity contribution is 6.05. The molecule has 1 unspecified atom stereocenters. The summed E-state index contributed by atoms with van der Waals surface area (Å²) in [6.07, 6.45) is 3.59. The third-order valence-electron chi connectivity index (χ3n) is 6.48. The largest absolute Gasteiger partial charge is 0.366 e. The van der Waals surface area contributed by atoms with Crippen molar-refractivity contribution in [2.45, 2.75) is 51.1 Å². The van der Waals surface area contributed by atoms with E-state index in [0.29, 0.717) is 31.4 Å². The molecule has 180 valence electrons. The van der Waals surface area contributed by atoms with E-state index in [0.717, 1.165) is 34.4 Å². The van der Waals surface area contributed by atoms with E-state index in [1.165, 1.54) is 19.2 Å². The second kappa shape index (κ2) is 10.1. The van der Waals surface area contributed by atoms with Gasteiger partial charge in [0.25, 0.3) is 17.7 Å². The molecule has 2 aliphatic heterocycles. The molecule has 2 aromatic rings. The van der Waals surface area contributed by atoms with Gasteiger partial charge in [-0.2, -0.15) is 0 Å². The first-order chi connectivity index (χ1) is 16.8. The molecule has 7 nitrogen and oxygen atoms in total. The molecule has 2 N–H and O–H groups in total. The van der Waals surface area contributed by atoms with Crippen molar-refractivity contribution in [1.82, 2.24) is 9.80 Å². The van der Waals surface area contributed by atoms with Gasteiger partial charge in [0, 0.05) is 37.6 Å². The van der Waals surface area contributed by atoms with Gasteiger partial charge in [-0.25, -0.2) is 4.39 Å². The molecule has 1 atom stereocenters. The quantitative estimate of drug-likeness (QED) is 0.394. The summed E-state index contributed by atoms with van der Waals surface area (Å²) in [7, 11) is 1.45. The summed E-state index contributed by atoms with van der Waals surface area (Å²) in [5.41, 5.74) is 8.01. The number of hydrogen-bond donors (Lipinski definition) is 1. The Kier molecular flexibility index (Phi) is 6.97. The fourth-order valence-electron chi connectivity index (χ4n) is 4.48. The standard InChI is InChI=1S/C27H26FN3O4/c1-30-24(32)13-12-23(27(30)35)31-16-19-14-17(8-10-20(19)26(31)34)6-4-2-3-5-7-18-9-11-21(25(29)33)22(28)15-18/h8-11,14-15,23H,2-3,5,7,12-13,16H2,1H3,(H2,29,33). The van der Waals surface area contributed by atoms with Gasteiger partial charge in [0.15, 0.2) is 0 Å². The number of primary amides is 1. The van der Waals surface area contributed by atoms with E-state index < -0.39 is 17.8 Å². The Morgan fingerprint density at radius 3 is 2.69 bits per heavy atom. The van der Waals surface area contributed by atoms with Crippen molar-refractivity contribution in [3.8, 4) is 11.8 Å². The lowest BCUT2D eigenvalue weighted by Gasteiger charge is -2.33. The van der Waals surface area contributed by atoms with Crippen molar-refractivity contribution >= 4 is 23.6 Å². The number of carbonyl (C=O) groups is 4. The molecular weight excluding hydrogens is 449 g/mol. The summed E-state index contributed by atoms with van der Waals surface area (Å²) in [6.45, 7) is 0.327. The van der Waals surface area contributed by atoms with Crippen molar-refractivity contribution in [3.05, 3.63) is 70.0 Å². The van der Waals surface area contributed by atoms with Crippen LogP contribution in [0.1, 0.15) is 69.5 Å². The molecule has 1 fully saturated rings. The van der Waals surface area contributed by atoms with Crippen LogP contribution in [0.2, 0.25) is 0 Å². The molecule has 35 heavy (non-hydrogen) atoms. The number of nitrogens with two attached hydrogens (primary N) is 1. The van der Waals surface area contributed by atoms with Crippen LogP contribution < -0.4 is 5.73 Å². The van der Waals surface area contributed by atoms with Crippen molar-refractivity contribution in [2.24, 2.45) is 5.73 Å². The molecule has 2 aliphatic rings. The molecule has 0 spiro atoms. The summed E-state index contributed by atoms with van der Waals surface area (Å²) in [5, 5.41) is 0. The smallest absolute Gasteiger partial charge is 0.255 e. The second-order valence-electron chi connectivity index (χ2n) is 8.84. The summed E-state index contributed by atoms with van der Waals surface area (Å²) in [4.78, 5) is 50.9. The number of hydrogen-bond acceptors (Lipinski definition) is 4. The van der Waals surface area contributed by atoms with Crippen molar-refractivity contribution in [1.29, 1.82) is 0 Å². The Bertz CT molecular complexity index is 1280. The summed E-state index contributed by atoms with van der Waals surface area (Å²) in [5.74, 6) is 4.13. The maximum absolute atomic E-state index is 13.8. The predicted octanol–water partition coefficient (Wildman–Crippen LogP) is 2.79. The number of amides is 4. The van der Waals surface area contributed by atoms with Gasteiger partial charge in [0.05, 0.1) is 5.56 Å². The molecule has 4 rings (SSSR count). The third kappa shape index (κ3) is 5.09. The molecule has 2 heterocycles. The number of nitrogens with zero attached hydrogens (tertiary/aromatic N) is 2. The summed E-state index contributed by atoms with van der Waals surface area (Å²) < 4.78 is 13.8. The van der Waals surface area contributed by atoms with Crippen LogP contribution in [0.4, 0.5) is 4.39 Å². The maximum atomic E-state index is 13.8. The van der Waals surface area contributed by atoms with Crippen LogP contribution in [-0.4, -0.2) is 46.5 Å². The molecule has 2 aromatic carbocycles. The van der Waals surface area contributed by atoms with E-state index in [9.17, 15) is 23.6 Å². The molecule has 0 bridgehead atoms. The van der Waals surface area contributed by atoms with E-state index in [2.05, 4.69) is 11.8 Å². The maximum Gasteiger partial charge on any atom is 0.255 e. The zero-order chi connectivity index (χ0) is 25.1. The zero-order valence-electron chi connectivity index (χ0n) is 19.5. The van der Waals surface area contributed by atoms with Crippen molar-refractivity contribution < 1.29 is 23.6 Å². The van der Waals surface area contributed by atoms with E-state index in [4.69, 9.17) is 5.73 Å². The van der Waals surface area contributed by atoms with Crippen molar-refractivity contribution in [2.75, 3.05) is 7.05 Å². The van der Waals surface area contributed by atoms with Gasteiger partial charge < -0.3 is 10.6 Å². The van der Waals surface area contributed by atoms with E-state index >= 15 is 0 Å². The number of aryl methyl sites for hydroxylation is 1. The highest BCUT2D eigenvalue weighted by Gasteiger charge is 2.41. The highest BCUT2D eigenvalue weighted by Crippen LogP contribution is 2.29. The number of halogens is 1. The Morgan fingerprint density at radius 1 is 1.14 bits per heavy atom. The van der Waals surface area contributed by atoms with Gasteiger partial charge in [-0.3, -0.25) is 24.1 Å². The second-order valence-corrected chi connectivity index (χ2v) is 8.84. The monoisotopic (exact) mass is 475 g/mol. The third-order valence-corrected chi connectivity index (χ3v) is 6.48. The molecular formula is C27H26FN3O4. The number of fused-ring (bicyclic) bond motifs is 1. The Labute approximate surface area is 203 Å².